The van der Waals surface area contributed by atoms with E-state index in [4.69, 9.17) is 0 Å². The lowest BCUT2D eigenvalue weighted by Gasteiger charge is -2.33. The highest BCUT2D eigenvalue weighted by Gasteiger charge is 2.32. The third-order valence-electron chi connectivity index (χ3n) is 9.77. The van der Waals surface area contributed by atoms with Gasteiger partial charge in [0.1, 0.15) is 11.5 Å². The Bertz CT molecular complexity index is 1090. The predicted octanol–water partition coefficient (Wildman–Crippen LogP) is 13.9. The molecule has 0 aliphatic heterocycles. The van der Waals surface area contributed by atoms with Crippen LogP contribution in [0.1, 0.15) is 207 Å². The Labute approximate surface area is 296 Å². The first kappa shape index (κ1) is 41.6. The van der Waals surface area contributed by atoms with E-state index in [0.717, 1.165) is 28.7 Å². The number of thioether (sulfide) groups is 1. The van der Waals surface area contributed by atoms with Crippen LogP contribution >= 0.6 is 11.8 Å². The zero-order valence-electron chi connectivity index (χ0n) is 33.3. The minimum Gasteiger partial charge on any atom is -0.507 e. The zero-order valence-corrected chi connectivity index (χ0v) is 34.1. The molecule has 0 heterocycles. The first-order valence-electron chi connectivity index (χ1n) is 19.0. The Kier molecular flexibility index (Phi) is 15.3. The fourth-order valence-corrected chi connectivity index (χ4v) is 7.84. The van der Waals surface area contributed by atoms with E-state index in [2.05, 4.69) is 133 Å². The smallest absolute Gasteiger partial charge is 0.123 e. The largest absolute Gasteiger partial charge is 0.507 e. The van der Waals surface area contributed by atoms with Crippen LogP contribution in [0.4, 0.5) is 0 Å². The van der Waals surface area contributed by atoms with Crippen LogP contribution in [-0.2, 0) is 21.7 Å². The third-order valence-corrected chi connectivity index (χ3v) is 11.1. The van der Waals surface area contributed by atoms with Crippen molar-refractivity contribution in [1.82, 2.24) is 0 Å². The summed E-state index contributed by atoms with van der Waals surface area (Å²) in [5.41, 5.74) is 5.84. The van der Waals surface area contributed by atoms with Gasteiger partial charge in [-0.15, -0.1) is 0 Å². The lowest BCUT2D eigenvalue weighted by Crippen LogP contribution is -2.21. The number of aromatic hydroxyl groups is 2. The average Bonchev–Trinajstić information content (AvgIpc) is 2.92. The van der Waals surface area contributed by atoms with Gasteiger partial charge in [-0.25, -0.2) is 0 Å². The Hall–Kier alpha value is -1.61. The van der Waals surface area contributed by atoms with E-state index in [0.29, 0.717) is 16.7 Å². The predicted molar refractivity (Wildman–Crippen MR) is 211 cm³/mol. The Morgan fingerprint density at radius 3 is 1.11 bits per heavy atom. The van der Waals surface area contributed by atoms with Gasteiger partial charge < -0.3 is 10.2 Å². The van der Waals surface area contributed by atoms with Gasteiger partial charge in [0, 0.05) is 11.2 Å². The second kappa shape index (κ2) is 17.4. The van der Waals surface area contributed by atoms with Crippen LogP contribution in [0, 0.1) is 0 Å². The molecule has 2 aromatic rings. The highest BCUT2D eigenvalue weighted by Crippen LogP contribution is 2.46. The maximum absolute atomic E-state index is 11.6. The minimum atomic E-state index is -0.192. The summed E-state index contributed by atoms with van der Waals surface area (Å²) in [6.45, 7) is 31.1. The normalized spacial score (nSPS) is 13.9. The highest BCUT2D eigenvalue weighted by molar-refractivity contribution is 7.99. The van der Waals surface area contributed by atoms with E-state index >= 15 is 0 Å². The molecule has 0 amide bonds. The van der Waals surface area contributed by atoms with E-state index in [-0.39, 0.29) is 27.6 Å². The van der Waals surface area contributed by atoms with Gasteiger partial charge in [-0.1, -0.05) is 179 Å². The van der Waals surface area contributed by atoms with Crippen molar-refractivity contribution in [2.24, 2.45) is 0 Å². The van der Waals surface area contributed by atoms with E-state index in [1.807, 2.05) is 0 Å². The van der Waals surface area contributed by atoms with Crippen molar-refractivity contribution in [2.45, 2.75) is 200 Å². The standard InChI is InChI=1S/C44H74O2S/c1-15-16-17-18-19-20-21-22-23-24-25-47-31(2)26-34(32-27-35(41(3,4)5)39(45)36(28-32)42(6,7)8)33-29-37(43(9,10)11)40(46)38(30-33)44(12,13)14/h27-31,34,45-46H,15-26H2,1-14H3. The Balaban J connectivity index is 2.47. The number of rotatable bonds is 16. The molecule has 3 heteroatoms. The van der Waals surface area contributed by atoms with Crippen molar-refractivity contribution >= 4 is 11.8 Å². The van der Waals surface area contributed by atoms with Gasteiger partial charge in [0.25, 0.3) is 0 Å². The summed E-state index contributed by atoms with van der Waals surface area (Å²) in [5.74, 6) is 2.23. The van der Waals surface area contributed by atoms with Gasteiger partial charge in [-0.05, 0) is 73.6 Å². The van der Waals surface area contributed by atoms with E-state index < -0.39 is 0 Å². The molecular formula is C44H74O2S. The maximum Gasteiger partial charge on any atom is 0.123 e. The number of phenolic OH excluding ortho intramolecular Hbond substituents is 2. The molecule has 0 saturated carbocycles. The lowest BCUT2D eigenvalue weighted by molar-refractivity contribution is 0.422. The van der Waals surface area contributed by atoms with Crippen LogP contribution in [0.15, 0.2) is 24.3 Å². The maximum atomic E-state index is 11.6. The van der Waals surface area contributed by atoms with Crippen molar-refractivity contribution in [2.75, 3.05) is 5.75 Å². The number of benzene rings is 2. The zero-order chi connectivity index (χ0) is 35.8. The van der Waals surface area contributed by atoms with Crippen LogP contribution in [-0.4, -0.2) is 21.2 Å². The van der Waals surface area contributed by atoms with Gasteiger partial charge in [0.2, 0.25) is 0 Å². The Morgan fingerprint density at radius 1 is 0.511 bits per heavy atom. The van der Waals surface area contributed by atoms with Crippen molar-refractivity contribution in [3.05, 3.63) is 57.6 Å². The summed E-state index contributed by atoms with van der Waals surface area (Å²) in [6.07, 6.45) is 14.7. The molecule has 2 nitrogen and oxygen atoms in total. The fourth-order valence-electron chi connectivity index (χ4n) is 6.74. The molecular weight excluding hydrogens is 593 g/mol. The van der Waals surface area contributed by atoms with Gasteiger partial charge in [0.15, 0.2) is 0 Å². The van der Waals surface area contributed by atoms with Gasteiger partial charge in [-0.2, -0.15) is 11.8 Å². The van der Waals surface area contributed by atoms with Crippen molar-refractivity contribution in [3.63, 3.8) is 0 Å². The van der Waals surface area contributed by atoms with Gasteiger partial charge in [-0.3, -0.25) is 0 Å². The minimum absolute atomic E-state index is 0.149. The topological polar surface area (TPSA) is 40.5 Å². The van der Waals surface area contributed by atoms with E-state index in [1.165, 1.54) is 81.1 Å². The molecule has 2 rings (SSSR count). The second-order valence-corrected chi connectivity index (χ2v) is 20.1. The molecule has 0 bridgehead atoms. The molecule has 0 radical (unpaired) electrons. The molecule has 2 N–H and O–H groups in total. The SMILES string of the molecule is CCCCCCCCCCCCSC(C)CC(c1cc(C(C)(C)C)c(O)c(C(C)(C)C)c1)c1cc(C(C)(C)C)c(O)c(C(C)(C)C)c1. The molecule has 0 aromatic heterocycles. The van der Waals surface area contributed by atoms with Crippen LogP contribution in [0.25, 0.3) is 0 Å². The van der Waals surface area contributed by atoms with Crippen molar-refractivity contribution in [1.29, 1.82) is 0 Å². The summed E-state index contributed by atoms with van der Waals surface area (Å²) in [7, 11) is 0. The van der Waals surface area contributed by atoms with Gasteiger partial charge >= 0.3 is 0 Å². The number of hydrogen-bond acceptors (Lipinski definition) is 3. The fraction of sp³-hybridized carbons (Fsp3) is 0.727. The van der Waals surface area contributed by atoms with Crippen LogP contribution in [0.3, 0.4) is 0 Å². The highest BCUT2D eigenvalue weighted by atomic mass is 32.2. The average molecular weight is 667 g/mol. The summed E-state index contributed by atoms with van der Waals surface area (Å²) in [4.78, 5) is 0. The quantitative estimate of drug-likeness (QED) is 0.175. The molecule has 1 atom stereocenters. The third kappa shape index (κ3) is 12.7. The van der Waals surface area contributed by atoms with Crippen molar-refractivity contribution in [3.8, 4) is 11.5 Å². The first-order valence-corrected chi connectivity index (χ1v) is 20.0. The molecule has 0 spiro atoms. The molecule has 47 heavy (non-hydrogen) atoms. The summed E-state index contributed by atoms with van der Waals surface area (Å²) >= 11 is 2.12. The molecule has 0 aliphatic rings. The van der Waals surface area contributed by atoms with Crippen LogP contribution < -0.4 is 0 Å². The second-order valence-electron chi connectivity index (χ2n) is 18.6. The molecule has 0 fully saturated rings. The van der Waals surface area contributed by atoms with Crippen molar-refractivity contribution < 1.29 is 10.2 Å². The molecule has 1 unspecified atom stereocenters. The number of unbranched alkanes of at least 4 members (excludes halogenated alkanes) is 9. The Morgan fingerprint density at radius 2 is 0.809 bits per heavy atom. The van der Waals surface area contributed by atoms with E-state index in [1.54, 1.807) is 0 Å². The van der Waals surface area contributed by atoms with Crippen LogP contribution in [0.2, 0.25) is 0 Å². The van der Waals surface area contributed by atoms with Crippen LogP contribution in [0.5, 0.6) is 11.5 Å². The number of hydrogen-bond donors (Lipinski definition) is 2. The summed E-state index contributed by atoms with van der Waals surface area (Å²) < 4.78 is 0. The molecule has 0 aliphatic carbocycles. The lowest BCUT2D eigenvalue weighted by atomic mass is 9.73. The molecule has 268 valence electrons. The molecule has 2 aromatic carbocycles. The summed E-state index contributed by atoms with van der Waals surface area (Å²) in [6, 6.07) is 9.15. The molecule has 0 saturated heterocycles. The van der Waals surface area contributed by atoms with E-state index in [9.17, 15) is 10.2 Å². The summed E-state index contributed by atoms with van der Waals surface area (Å²) in [5, 5.41) is 23.7. The number of phenols is 2. The first-order chi connectivity index (χ1) is 21.6. The monoisotopic (exact) mass is 667 g/mol. The van der Waals surface area contributed by atoms with Gasteiger partial charge in [0.05, 0.1) is 0 Å².